The molecule has 0 aliphatic rings. The zero-order chi connectivity index (χ0) is 13.2. The minimum Gasteiger partial charge on any atom is -0.245 e. The molecule has 0 unspecified atom stereocenters. The molecule has 0 aliphatic carbocycles. The highest BCUT2D eigenvalue weighted by atomic mass is 79.9. The van der Waals surface area contributed by atoms with E-state index in [1.807, 2.05) is 24.3 Å². The van der Waals surface area contributed by atoms with Crippen molar-refractivity contribution in [2.45, 2.75) is 10.1 Å². The van der Waals surface area contributed by atoms with Crippen molar-refractivity contribution >= 4 is 38.6 Å². The van der Waals surface area contributed by atoms with Crippen LogP contribution in [0.4, 0.5) is 4.39 Å². The minimum atomic E-state index is -0.373. The molecule has 0 spiro atoms. The van der Waals surface area contributed by atoms with Crippen molar-refractivity contribution in [3.63, 3.8) is 0 Å². The standard InChI is InChI=1S/C13H7BrFN3S/c14-8-5-10(15)13(16-6-8)19-12-9-3-1-2-4-11(9)17-7-18-12/h1-7H. The second-order valence-corrected chi connectivity index (χ2v) is 5.63. The molecule has 94 valence electrons. The van der Waals surface area contributed by atoms with Crippen LogP contribution in [0.3, 0.4) is 0 Å². The van der Waals surface area contributed by atoms with Crippen LogP contribution in [-0.4, -0.2) is 15.0 Å². The zero-order valence-corrected chi connectivity index (χ0v) is 11.9. The predicted octanol–water partition coefficient (Wildman–Crippen LogP) is 4.08. The van der Waals surface area contributed by atoms with Gasteiger partial charge in [-0.1, -0.05) is 18.2 Å². The molecule has 0 atom stereocenters. The number of aromatic nitrogens is 3. The fourth-order valence-electron chi connectivity index (χ4n) is 1.63. The maximum Gasteiger partial charge on any atom is 0.156 e. The number of fused-ring (bicyclic) bond motifs is 1. The number of nitrogens with zero attached hydrogens (tertiary/aromatic N) is 3. The fraction of sp³-hybridized carbons (Fsp3) is 0. The van der Waals surface area contributed by atoms with Crippen LogP contribution in [0.15, 0.2) is 57.4 Å². The molecule has 0 bridgehead atoms. The molecule has 0 saturated carbocycles. The molecule has 1 aromatic carbocycles. The smallest absolute Gasteiger partial charge is 0.156 e. The molecular formula is C13H7BrFN3S. The van der Waals surface area contributed by atoms with Gasteiger partial charge in [0.1, 0.15) is 16.4 Å². The molecule has 0 aliphatic heterocycles. The van der Waals surface area contributed by atoms with Crippen molar-refractivity contribution < 1.29 is 4.39 Å². The molecule has 0 radical (unpaired) electrons. The van der Waals surface area contributed by atoms with Crippen molar-refractivity contribution in [1.29, 1.82) is 0 Å². The molecule has 3 rings (SSSR count). The van der Waals surface area contributed by atoms with E-state index in [0.717, 1.165) is 10.9 Å². The van der Waals surface area contributed by atoms with Gasteiger partial charge in [0.15, 0.2) is 5.82 Å². The van der Waals surface area contributed by atoms with Crippen LogP contribution < -0.4 is 0 Å². The van der Waals surface area contributed by atoms with Crippen molar-refractivity contribution in [2.75, 3.05) is 0 Å². The van der Waals surface area contributed by atoms with Gasteiger partial charge in [0.2, 0.25) is 0 Å². The van der Waals surface area contributed by atoms with Crippen molar-refractivity contribution in [3.8, 4) is 0 Å². The quantitative estimate of drug-likeness (QED) is 0.661. The fourth-order valence-corrected chi connectivity index (χ4v) is 2.76. The summed E-state index contributed by atoms with van der Waals surface area (Å²) in [6.45, 7) is 0. The maximum absolute atomic E-state index is 13.8. The Balaban J connectivity index is 2.06. The predicted molar refractivity (Wildman–Crippen MR) is 75.6 cm³/mol. The lowest BCUT2D eigenvalue weighted by molar-refractivity contribution is 0.586. The van der Waals surface area contributed by atoms with Gasteiger partial charge in [-0.05, 0) is 39.8 Å². The summed E-state index contributed by atoms with van der Waals surface area (Å²) in [7, 11) is 0. The number of para-hydroxylation sites is 1. The Labute approximate surface area is 121 Å². The lowest BCUT2D eigenvalue weighted by Crippen LogP contribution is -1.90. The van der Waals surface area contributed by atoms with Crippen molar-refractivity contribution in [3.05, 3.63) is 53.1 Å². The van der Waals surface area contributed by atoms with Gasteiger partial charge in [-0.2, -0.15) is 0 Å². The summed E-state index contributed by atoms with van der Waals surface area (Å²) in [5.74, 6) is -0.373. The Hall–Kier alpha value is -1.53. The van der Waals surface area contributed by atoms with Gasteiger partial charge in [-0.25, -0.2) is 19.3 Å². The summed E-state index contributed by atoms with van der Waals surface area (Å²) in [5, 5.41) is 1.88. The van der Waals surface area contributed by atoms with Crippen LogP contribution in [0.2, 0.25) is 0 Å². The van der Waals surface area contributed by atoms with Crippen LogP contribution in [-0.2, 0) is 0 Å². The molecular weight excluding hydrogens is 329 g/mol. The van der Waals surface area contributed by atoms with Crippen molar-refractivity contribution in [2.24, 2.45) is 0 Å². The Kier molecular flexibility index (Phi) is 3.44. The highest BCUT2D eigenvalue weighted by Gasteiger charge is 2.10. The second-order valence-electron chi connectivity index (χ2n) is 3.74. The van der Waals surface area contributed by atoms with E-state index in [-0.39, 0.29) is 5.82 Å². The Morgan fingerprint density at radius 3 is 2.74 bits per heavy atom. The molecule has 3 aromatic rings. The summed E-state index contributed by atoms with van der Waals surface area (Å²) in [6, 6.07) is 9.00. The molecule has 0 saturated heterocycles. The molecule has 0 N–H and O–H groups in total. The van der Waals surface area contributed by atoms with Crippen LogP contribution >= 0.6 is 27.7 Å². The molecule has 3 nitrogen and oxygen atoms in total. The molecule has 0 amide bonds. The number of hydrogen-bond acceptors (Lipinski definition) is 4. The van der Waals surface area contributed by atoms with Gasteiger partial charge in [0.05, 0.1) is 5.52 Å². The van der Waals surface area contributed by atoms with E-state index in [9.17, 15) is 4.39 Å². The van der Waals surface area contributed by atoms with E-state index < -0.39 is 0 Å². The molecule has 19 heavy (non-hydrogen) atoms. The summed E-state index contributed by atoms with van der Waals surface area (Å²) in [6.07, 6.45) is 3.04. The third kappa shape index (κ3) is 2.59. The van der Waals surface area contributed by atoms with E-state index in [0.29, 0.717) is 14.5 Å². The van der Waals surface area contributed by atoms with Crippen LogP contribution in [0.5, 0.6) is 0 Å². The van der Waals surface area contributed by atoms with E-state index in [1.54, 1.807) is 6.20 Å². The van der Waals surface area contributed by atoms with Gasteiger partial charge in [-0.3, -0.25) is 0 Å². The summed E-state index contributed by atoms with van der Waals surface area (Å²) < 4.78 is 14.4. The second kappa shape index (κ2) is 5.22. The van der Waals surface area contributed by atoms with Crippen LogP contribution in [0.1, 0.15) is 0 Å². The highest BCUT2D eigenvalue weighted by Crippen LogP contribution is 2.31. The first-order chi connectivity index (χ1) is 9.24. The molecule has 6 heteroatoms. The first-order valence-corrected chi connectivity index (χ1v) is 7.03. The monoisotopic (exact) mass is 335 g/mol. The first-order valence-electron chi connectivity index (χ1n) is 5.43. The maximum atomic E-state index is 13.8. The highest BCUT2D eigenvalue weighted by molar-refractivity contribution is 9.10. The van der Waals surface area contributed by atoms with E-state index >= 15 is 0 Å². The van der Waals surface area contributed by atoms with Gasteiger partial charge < -0.3 is 0 Å². The Morgan fingerprint density at radius 2 is 1.89 bits per heavy atom. The lowest BCUT2D eigenvalue weighted by atomic mass is 10.2. The van der Waals surface area contributed by atoms with Gasteiger partial charge in [0, 0.05) is 16.1 Å². The van der Waals surface area contributed by atoms with Crippen LogP contribution in [0, 0.1) is 5.82 Å². The number of rotatable bonds is 2. The lowest BCUT2D eigenvalue weighted by Gasteiger charge is -2.04. The number of benzene rings is 1. The first kappa shape index (κ1) is 12.5. The van der Waals surface area contributed by atoms with Crippen LogP contribution in [0.25, 0.3) is 10.9 Å². The van der Waals surface area contributed by atoms with E-state index in [2.05, 4.69) is 30.9 Å². The average molecular weight is 336 g/mol. The number of pyridine rings is 1. The van der Waals surface area contributed by atoms with Crippen molar-refractivity contribution in [1.82, 2.24) is 15.0 Å². The Morgan fingerprint density at radius 1 is 1.05 bits per heavy atom. The SMILES string of the molecule is Fc1cc(Br)cnc1Sc1ncnc2ccccc12. The number of halogens is 2. The summed E-state index contributed by atoms with van der Waals surface area (Å²) >= 11 is 4.38. The van der Waals surface area contributed by atoms with Gasteiger partial charge >= 0.3 is 0 Å². The van der Waals surface area contributed by atoms with Gasteiger partial charge in [0.25, 0.3) is 0 Å². The Bertz CT molecular complexity index is 746. The third-order valence-electron chi connectivity index (χ3n) is 2.47. The van der Waals surface area contributed by atoms with E-state index in [1.165, 1.54) is 24.2 Å². The third-order valence-corrected chi connectivity index (χ3v) is 3.92. The summed E-state index contributed by atoms with van der Waals surface area (Å²) in [4.78, 5) is 12.4. The van der Waals surface area contributed by atoms with E-state index in [4.69, 9.17) is 0 Å². The molecule has 0 fully saturated rings. The summed E-state index contributed by atoms with van der Waals surface area (Å²) in [5.41, 5.74) is 0.831. The molecule has 2 heterocycles. The van der Waals surface area contributed by atoms with Gasteiger partial charge in [-0.15, -0.1) is 0 Å². The normalized spacial score (nSPS) is 10.8. The topological polar surface area (TPSA) is 38.7 Å². The minimum absolute atomic E-state index is 0.298. The average Bonchev–Trinajstić information content (AvgIpc) is 2.42. The zero-order valence-electron chi connectivity index (χ0n) is 9.55. The number of hydrogen-bond donors (Lipinski definition) is 0. The molecule has 2 aromatic heterocycles. The largest absolute Gasteiger partial charge is 0.245 e.